The number of rotatable bonds is 4. The molecule has 0 bridgehead atoms. The molecule has 0 N–H and O–H groups in total. The van der Waals surface area contributed by atoms with Crippen LogP contribution in [0, 0.1) is 0 Å². The van der Waals surface area contributed by atoms with Crippen molar-refractivity contribution in [2.45, 2.75) is 56.5 Å². The highest BCUT2D eigenvalue weighted by atomic mass is 79.9. The highest BCUT2D eigenvalue weighted by Crippen LogP contribution is 2.35. The lowest BCUT2D eigenvalue weighted by molar-refractivity contribution is -0.127. The van der Waals surface area contributed by atoms with Gasteiger partial charge in [0, 0.05) is 23.9 Å². The van der Waals surface area contributed by atoms with Gasteiger partial charge in [-0.2, -0.15) is 0 Å². The van der Waals surface area contributed by atoms with Crippen molar-refractivity contribution in [1.29, 1.82) is 0 Å². The Hall–Kier alpha value is -1.20. The van der Waals surface area contributed by atoms with Gasteiger partial charge in [0.1, 0.15) is 6.10 Å². The third-order valence-electron chi connectivity index (χ3n) is 4.67. The lowest BCUT2D eigenvalue weighted by Crippen LogP contribution is -2.42. The summed E-state index contributed by atoms with van der Waals surface area (Å²) < 4.78 is 5.55. The average Bonchev–Trinajstić information content (AvgIpc) is 3.19. The Morgan fingerprint density at radius 1 is 1.43 bits per heavy atom. The maximum atomic E-state index is 12.7. The van der Waals surface area contributed by atoms with E-state index in [9.17, 15) is 9.59 Å². The van der Waals surface area contributed by atoms with Crippen molar-refractivity contribution in [1.82, 2.24) is 0 Å². The van der Waals surface area contributed by atoms with Gasteiger partial charge in [0.15, 0.2) is 5.78 Å². The zero-order valence-corrected chi connectivity index (χ0v) is 15.1. The summed E-state index contributed by atoms with van der Waals surface area (Å²) in [6.07, 6.45) is 2.99. The van der Waals surface area contributed by atoms with Gasteiger partial charge in [-0.05, 0) is 56.4 Å². The minimum Gasteiger partial charge on any atom is -0.368 e. The Bertz CT molecular complexity index is 625. The first kappa shape index (κ1) is 16.7. The zero-order chi connectivity index (χ0) is 16.6. The third kappa shape index (κ3) is 3.09. The quantitative estimate of drug-likeness (QED) is 0.593. The van der Waals surface area contributed by atoms with Crippen LogP contribution in [0.3, 0.4) is 0 Å². The van der Waals surface area contributed by atoms with E-state index < -0.39 is 0 Å². The fraction of sp³-hybridized carbons (Fsp3) is 0.556. The number of benzene rings is 1. The standard InChI is InChI=1S/C18H22BrNO3/c1-3-14(19)17(21)12-6-7-15-13(10-12)9-11(2)20(15)18(22)16-5-4-8-23-16/h6-7,10-11,14,16H,3-5,8-9H2,1-2H3. The van der Waals surface area contributed by atoms with Gasteiger partial charge in [0.05, 0.1) is 4.83 Å². The second kappa shape index (κ2) is 6.73. The molecule has 3 rings (SSSR count). The number of hydrogen-bond acceptors (Lipinski definition) is 3. The van der Waals surface area contributed by atoms with Crippen molar-refractivity contribution in [2.24, 2.45) is 0 Å². The fourth-order valence-electron chi connectivity index (χ4n) is 3.41. The summed E-state index contributed by atoms with van der Waals surface area (Å²) in [6, 6.07) is 5.80. The first-order valence-corrected chi connectivity index (χ1v) is 9.20. The van der Waals surface area contributed by atoms with Crippen molar-refractivity contribution in [3.05, 3.63) is 29.3 Å². The van der Waals surface area contributed by atoms with Gasteiger partial charge in [0.2, 0.25) is 0 Å². The number of carbonyl (C=O) groups is 2. The van der Waals surface area contributed by atoms with Crippen LogP contribution in [0.2, 0.25) is 0 Å². The van der Waals surface area contributed by atoms with Crippen LogP contribution < -0.4 is 4.90 Å². The predicted octanol–water partition coefficient (Wildman–Crippen LogP) is 3.50. The van der Waals surface area contributed by atoms with Crippen LogP contribution in [0.25, 0.3) is 0 Å². The number of amides is 1. The van der Waals surface area contributed by atoms with Crippen molar-refractivity contribution in [3.8, 4) is 0 Å². The average molecular weight is 380 g/mol. The fourth-order valence-corrected chi connectivity index (χ4v) is 3.68. The van der Waals surface area contributed by atoms with Gasteiger partial charge < -0.3 is 9.64 Å². The number of nitrogens with zero attached hydrogens (tertiary/aromatic N) is 1. The van der Waals surface area contributed by atoms with Crippen LogP contribution in [0.1, 0.15) is 49.0 Å². The van der Waals surface area contributed by atoms with Crippen molar-refractivity contribution < 1.29 is 14.3 Å². The molecular formula is C18H22BrNO3. The van der Waals surface area contributed by atoms with Crippen molar-refractivity contribution >= 4 is 33.3 Å². The SMILES string of the molecule is CCC(Br)C(=O)c1ccc2c(c1)CC(C)N2C(=O)C1CCCO1. The molecule has 2 heterocycles. The molecule has 1 amide bonds. The third-order valence-corrected chi connectivity index (χ3v) is 5.73. The molecule has 0 spiro atoms. The van der Waals surface area contributed by atoms with E-state index in [4.69, 9.17) is 4.74 Å². The van der Waals surface area contributed by atoms with Crippen LogP contribution in [-0.2, 0) is 16.0 Å². The van der Waals surface area contributed by atoms with Crippen molar-refractivity contribution in [2.75, 3.05) is 11.5 Å². The normalized spacial score (nSPS) is 24.6. The molecule has 0 aromatic heterocycles. The molecule has 3 atom stereocenters. The maximum Gasteiger partial charge on any atom is 0.256 e. The number of carbonyl (C=O) groups excluding carboxylic acids is 2. The van der Waals surface area contributed by atoms with Crippen LogP contribution in [0.15, 0.2) is 18.2 Å². The molecule has 1 fully saturated rings. The van der Waals surface area contributed by atoms with E-state index in [1.165, 1.54) is 0 Å². The number of hydrogen-bond donors (Lipinski definition) is 0. The van der Waals surface area contributed by atoms with Gasteiger partial charge >= 0.3 is 0 Å². The molecule has 5 heteroatoms. The Morgan fingerprint density at radius 3 is 2.87 bits per heavy atom. The Kier molecular flexibility index (Phi) is 4.87. The number of halogens is 1. The minimum atomic E-state index is -0.309. The summed E-state index contributed by atoms with van der Waals surface area (Å²) in [4.78, 5) is 26.8. The number of fused-ring (bicyclic) bond motifs is 1. The Balaban J connectivity index is 1.86. The van der Waals surface area contributed by atoms with Crippen LogP contribution in [0.4, 0.5) is 5.69 Å². The molecule has 23 heavy (non-hydrogen) atoms. The molecule has 2 aliphatic heterocycles. The Morgan fingerprint density at radius 2 is 2.22 bits per heavy atom. The van der Waals surface area contributed by atoms with E-state index >= 15 is 0 Å². The summed E-state index contributed by atoms with van der Waals surface area (Å²) >= 11 is 3.42. The van der Waals surface area contributed by atoms with Gasteiger partial charge in [-0.3, -0.25) is 9.59 Å². The summed E-state index contributed by atoms with van der Waals surface area (Å²) in [5.41, 5.74) is 2.72. The molecule has 2 aliphatic rings. The largest absolute Gasteiger partial charge is 0.368 e. The first-order chi connectivity index (χ1) is 11.0. The van der Waals surface area contributed by atoms with Gasteiger partial charge in [0.25, 0.3) is 5.91 Å². The van der Waals surface area contributed by atoms with E-state index in [0.717, 1.165) is 36.9 Å². The van der Waals surface area contributed by atoms with E-state index in [1.807, 2.05) is 36.9 Å². The number of ketones is 1. The van der Waals surface area contributed by atoms with Crippen LogP contribution >= 0.6 is 15.9 Å². The lowest BCUT2D eigenvalue weighted by Gasteiger charge is -2.25. The van der Waals surface area contributed by atoms with Crippen molar-refractivity contribution in [3.63, 3.8) is 0 Å². The second-order valence-corrected chi connectivity index (χ2v) is 7.45. The summed E-state index contributed by atoms with van der Waals surface area (Å²) in [7, 11) is 0. The summed E-state index contributed by atoms with van der Waals surface area (Å²) in [5.74, 6) is 0.159. The molecule has 1 saturated heterocycles. The van der Waals surface area contributed by atoms with E-state index in [-0.39, 0.29) is 28.7 Å². The highest BCUT2D eigenvalue weighted by Gasteiger charge is 2.36. The monoisotopic (exact) mass is 379 g/mol. The molecule has 0 radical (unpaired) electrons. The number of Topliss-reactive ketones (excluding diaryl/α,β-unsaturated/α-hetero) is 1. The molecule has 0 saturated carbocycles. The number of ether oxygens (including phenoxy) is 1. The second-order valence-electron chi connectivity index (χ2n) is 6.35. The molecule has 3 unspecified atom stereocenters. The van der Waals surface area contributed by atoms with Crippen LogP contribution in [0.5, 0.6) is 0 Å². The summed E-state index contributed by atoms with van der Waals surface area (Å²) in [5, 5.41) is 0. The number of anilines is 1. The summed E-state index contributed by atoms with van der Waals surface area (Å²) in [6.45, 7) is 4.70. The molecule has 1 aromatic rings. The smallest absolute Gasteiger partial charge is 0.256 e. The van der Waals surface area contributed by atoms with Gasteiger partial charge in [-0.25, -0.2) is 0 Å². The lowest BCUT2D eigenvalue weighted by atomic mass is 10.0. The Labute approximate surface area is 145 Å². The van der Waals surface area contributed by atoms with E-state index in [2.05, 4.69) is 15.9 Å². The first-order valence-electron chi connectivity index (χ1n) is 8.28. The molecular weight excluding hydrogens is 358 g/mol. The maximum absolute atomic E-state index is 12.7. The minimum absolute atomic E-state index is 0.0553. The molecule has 124 valence electrons. The van der Waals surface area contributed by atoms with E-state index in [1.54, 1.807) is 0 Å². The van der Waals surface area contributed by atoms with Gasteiger partial charge in [-0.1, -0.05) is 22.9 Å². The highest BCUT2D eigenvalue weighted by molar-refractivity contribution is 9.10. The van der Waals surface area contributed by atoms with Gasteiger partial charge in [-0.15, -0.1) is 0 Å². The van der Waals surface area contributed by atoms with Crippen LogP contribution in [-0.4, -0.2) is 35.3 Å². The molecule has 1 aromatic carbocycles. The zero-order valence-electron chi connectivity index (χ0n) is 13.5. The number of alkyl halides is 1. The molecule has 4 nitrogen and oxygen atoms in total. The van der Waals surface area contributed by atoms with E-state index in [0.29, 0.717) is 12.2 Å². The molecule has 0 aliphatic carbocycles. The topological polar surface area (TPSA) is 46.6 Å². The predicted molar refractivity (Wildman–Crippen MR) is 93.4 cm³/mol.